The highest BCUT2D eigenvalue weighted by Crippen LogP contribution is 2.26. The third-order valence-electron chi connectivity index (χ3n) is 2.56. The Bertz CT molecular complexity index is 529. The lowest BCUT2D eigenvalue weighted by Crippen LogP contribution is -2.35. The molecule has 0 aliphatic rings. The van der Waals surface area contributed by atoms with Crippen molar-refractivity contribution in [3.63, 3.8) is 0 Å². The summed E-state index contributed by atoms with van der Waals surface area (Å²) in [6, 6.07) is 5.16. The monoisotopic (exact) mass is 296 g/mol. The highest BCUT2D eigenvalue weighted by molar-refractivity contribution is 6.33. The zero-order valence-corrected chi connectivity index (χ0v) is 12.1. The SMILES string of the molecule is CCNC(=O)CN(C)c1ccc(/C=C/C(=O)O)cc1Cl. The number of carboxylic acids is 1. The van der Waals surface area contributed by atoms with E-state index >= 15 is 0 Å². The summed E-state index contributed by atoms with van der Waals surface area (Å²) in [6.45, 7) is 2.64. The Kier molecular flexibility index (Phi) is 6.06. The van der Waals surface area contributed by atoms with Crippen LogP contribution in [-0.2, 0) is 9.59 Å². The molecule has 1 amide bonds. The molecule has 6 heteroatoms. The first kappa shape index (κ1) is 16.0. The molecule has 0 fully saturated rings. The van der Waals surface area contributed by atoms with Gasteiger partial charge in [0.25, 0.3) is 0 Å². The molecular weight excluding hydrogens is 280 g/mol. The first-order chi connectivity index (χ1) is 9.43. The molecule has 1 rings (SSSR count). The van der Waals surface area contributed by atoms with Crippen molar-refractivity contribution in [1.82, 2.24) is 5.32 Å². The van der Waals surface area contributed by atoms with Crippen LogP contribution >= 0.6 is 11.6 Å². The lowest BCUT2D eigenvalue weighted by atomic mass is 10.2. The van der Waals surface area contributed by atoms with Crippen LogP contribution in [0.3, 0.4) is 0 Å². The summed E-state index contributed by atoms with van der Waals surface area (Å²) in [5.74, 6) is -1.10. The molecule has 1 aromatic rings. The van der Waals surface area contributed by atoms with Gasteiger partial charge >= 0.3 is 5.97 Å². The highest BCUT2D eigenvalue weighted by atomic mass is 35.5. The van der Waals surface area contributed by atoms with Gasteiger partial charge < -0.3 is 15.3 Å². The van der Waals surface area contributed by atoms with Gasteiger partial charge in [-0.15, -0.1) is 0 Å². The summed E-state index contributed by atoms with van der Waals surface area (Å²) < 4.78 is 0. The molecule has 0 saturated heterocycles. The Morgan fingerprint density at radius 3 is 2.70 bits per heavy atom. The van der Waals surface area contributed by atoms with Crippen LogP contribution in [0.4, 0.5) is 5.69 Å². The Morgan fingerprint density at radius 2 is 2.15 bits per heavy atom. The Balaban J connectivity index is 2.82. The lowest BCUT2D eigenvalue weighted by molar-refractivity contribution is -0.131. The van der Waals surface area contributed by atoms with E-state index in [-0.39, 0.29) is 12.5 Å². The predicted octanol–water partition coefficient (Wildman–Crippen LogP) is 2.01. The van der Waals surface area contributed by atoms with Gasteiger partial charge in [0, 0.05) is 19.7 Å². The van der Waals surface area contributed by atoms with Gasteiger partial charge in [0.15, 0.2) is 0 Å². The molecule has 5 nitrogen and oxygen atoms in total. The number of rotatable bonds is 6. The molecule has 0 heterocycles. The standard InChI is InChI=1S/C14H17ClN2O3/c1-3-16-13(18)9-17(2)12-6-4-10(8-11(12)15)5-7-14(19)20/h4-8H,3,9H2,1-2H3,(H,16,18)(H,19,20)/b7-5+. The topological polar surface area (TPSA) is 69.6 Å². The molecule has 0 aromatic heterocycles. The van der Waals surface area contributed by atoms with Gasteiger partial charge in [0.1, 0.15) is 0 Å². The third kappa shape index (κ3) is 4.93. The minimum atomic E-state index is -1.02. The minimum absolute atomic E-state index is 0.0825. The van der Waals surface area contributed by atoms with E-state index in [0.717, 1.165) is 6.08 Å². The second kappa shape index (κ2) is 7.55. The fourth-order valence-electron chi connectivity index (χ4n) is 1.66. The van der Waals surface area contributed by atoms with Gasteiger partial charge in [0.05, 0.1) is 17.3 Å². The van der Waals surface area contributed by atoms with E-state index < -0.39 is 5.97 Å². The lowest BCUT2D eigenvalue weighted by Gasteiger charge is -2.20. The highest BCUT2D eigenvalue weighted by Gasteiger charge is 2.10. The van der Waals surface area contributed by atoms with E-state index in [1.807, 2.05) is 6.92 Å². The summed E-state index contributed by atoms with van der Waals surface area (Å²) in [4.78, 5) is 23.7. The number of anilines is 1. The Hall–Kier alpha value is -2.01. The van der Waals surface area contributed by atoms with Crippen molar-refractivity contribution in [2.75, 3.05) is 25.0 Å². The van der Waals surface area contributed by atoms with Crippen LogP contribution in [0.1, 0.15) is 12.5 Å². The Labute approximate surface area is 122 Å². The number of hydrogen-bond donors (Lipinski definition) is 2. The summed E-state index contributed by atoms with van der Waals surface area (Å²) in [7, 11) is 1.77. The first-order valence-electron chi connectivity index (χ1n) is 6.12. The van der Waals surface area contributed by atoms with Gasteiger partial charge in [-0.3, -0.25) is 4.79 Å². The van der Waals surface area contributed by atoms with Crippen molar-refractivity contribution in [3.8, 4) is 0 Å². The van der Waals surface area contributed by atoms with E-state index in [1.165, 1.54) is 6.08 Å². The molecule has 0 atom stereocenters. The molecule has 108 valence electrons. The zero-order chi connectivity index (χ0) is 15.1. The third-order valence-corrected chi connectivity index (χ3v) is 2.86. The number of nitrogens with one attached hydrogen (secondary N) is 1. The molecule has 0 radical (unpaired) electrons. The predicted molar refractivity (Wildman–Crippen MR) is 80.1 cm³/mol. The maximum Gasteiger partial charge on any atom is 0.328 e. The van der Waals surface area contributed by atoms with Crippen LogP contribution in [0.5, 0.6) is 0 Å². The van der Waals surface area contributed by atoms with E-state index in [0.29, 0.717) is 22.8 Å². The van der Waals surface area contributed by atoms with Crippen LogP contribution in [-0.4, -0.2) is 37.1 Å². The summed E-state index contributed by atoms with van der Waals surface area (Å²) in [6.07, 6.45) is 2.51. The molecular formula is C14H17ClN2O3. The molecule has 20 heavy (non-hydrogen) atoms. The van der Waals surface area contributed by atoms with E-state index in [4.69, 9.17) is 16.7 Å². The fraction of sp³-hybridized carbons (Fsp3) is 0.286. The minimum Gasteiger partial charge on any atom is -0.478 e. The van der Waals surface area contributed by atoms with Crippen LogP contribution in [0.25, 0.3) is 6.08 Å². The number of aliphatic carboxylic acids is 1. The van der Waals surface area contributed by atoms with Crippen molar-refractivity contribution in [2.45, 2.75) is 6.92 Å². The van der Waals surface area contributed by atoms with Gasteiger partial charge in [-0.25, -0.2) is 4.79 Å². The van der Waals surface area contributed by atoms with Crippen LogP contribution in [0.2, 0.25) is 5.02 Å². The summed E-state index contributed by atoms with van der Waals surface area (Å²) in [5, 5.41) is 11.7. The average Bonchev–Trinajstić information content (AvgIpc) is 2.36. The van der Waals surface area contributed by atoms with E-state index in [1.54, 1.807) is 30.1 Å². The van der Waals surface area contributed by atoms with Crippen molar-refractivity contribution >= 4 is 35.2 Å². The normalized spacial score (nSPS) is 10.6. The second-order valence-corrected chi connectivity index (χ2v) is 4.60. The van der Waals surface area contributed by atoms with Crippen LogP contribution < -0.4 is 10.2 Å². The second-order valence-electron chi connectivity index (χ2n) is 4.19. The van der Waals surface area contributed by atoms with Crippen molar-refractivity contribution < 1.29 is 14.7 Å². The van der Waals surface area contributed by atoms with E-state index in [2.05, 4.69) is 5.32 Å². The quantitative estimate of drug-likeness (QED) is 0.788. The van der Waals surface area contributed by atoms with Crippen LogP contribution in [0.15, 0.2) is 24.3 Å². The number of halogens is 1. The van der Waals surface area contributed by atoms with Gasteiger partial charge in [-0.2, -0.15) is 0 Å². The smallest absolute Gasteiger partial charge is 0.328 e. The maximum absolute atomic E-state index is 11.5. The van der Waals surface area contributed by atoms with Gasteiger partial charge in [-0.1, -0.05) is 17.7 Å². The largest absolute Gasteiger partial charge is 0.478 e. The fourth-order valence-corrected chi connectivity index (χ4v) is 1.99. The van der Waals surface area contributed by atoms with Gasteiger partial charge in [0.2, 0.25) is 5.91 Å². The number of likely N-dealkylation sites (N-methyl/N-ethyl adjacent to an activating group) is 2. The number of benzene rings is 1. The Morgan fingerprint density at radius 1 is 1.45 bits per heavy atom. The summed E-state index contributed by atoms with van der Waals surface area (Å²) >= 11 is 6.15. The molecule has 0 saturated carbocycles. The number of amides is 1. The molecule has 0 bridgehead atoms. The number of carboxylic acid groups (broad SMARTS) is 1. The van der Waals surface area contributed by atoms with Crippen LogP contribution in [0, 0.1) is 0 Å². The van der Waals surface area contributed by atoms with E-state index in [9.17, 15) is 9.59 Å². The number of nitrogens with zero attached hydrogens (tertiary/aromatic N) is 1. The maximum atomic E-state index is 11.5. The molecule has 0 aliphatic carbocycles. The summed E-state index contributed by atoms with van der Waals surface area (Å²) in [5.41, 5.74) is 1.40. The molecule has 0 unspecified atom stereocenters. The zero-order valence-electron chi connectivity index (χ0n) is 11.4. The number of carbonyl (C=O) groups is 2. The first-order valence-corrected chi connectivity index (χ1v) is 6.50. The molecule has 0 aliphatic heterocycles. The van der Waals surface area contributed by atoms with Gasteiger partial charge in [-0.05, 0) is 30.7 Å². The molecule has 0 spiro atoms. The number of hydrogen-bond acceptors (Lipinski definition) is 3. The number of carbonyl (C=O) groups excluding carboxylic acids is 1. The van der Waals surface area contributed by atoms with Crippen molar-refractivity contribution in [1.29, 1.82) is 0 Å². The average molecular weight is 297 g/mol. The molecule has 1 aromatic carbocycles. The van der Waals surface area contributed by atoms with Crippen molar-refractivity contribution in [2.24, 2.45) is 0 Å². The molecule has 2 N–H and O–H groups in total. The van der Waals surface area contributed by atoms with Crippen molar-refractivity contribution in [3.05, 3.63) is 34.9 Å².